The van der Waals surface area contributed by atoms with Crippen LogP contribution in [0.15, 0.2) is 42.5 Å². The quantitative estimate of drug-likeness (QED) is 0.723. The molecule has 1 heterocycles. The lowest BCUT2D eigenvalue weighted by Crippen LogP contribution is -2.05. The van der Waals surface area contributed by atoms with Crippen molar-refractivity contribution in [1.29, 1.82) is 0 Å². The van der Waals surface area contributed by atoms with Crippen LogP contribution in [-0.4, -0.2) is 14.7 Å². The predicted octanol–water partition coefficient (Wildman–Crippen LogP) is 2.72. The van der Waals surface area contributed by atoms with Gasteiger partial charge in [-0.2, -0.15) is 0 Å². The number of rotatable bonds is 4. The van der Waals surface area contributed by atoms with Gasteiger partial charge in [-0.05, 0) is 35.7 Å². The molecule has 4 nitrogen and oxygen atoms in total. The van der Waals surface area contributed by atoms with E-state index < -0.39 is 0 Å². The second-order valence-corrected chi connectivity index (χ2v) is 5.19. The molecule has 0 aliphatic carbocycles. The fourth-order valence-corrected chi connectivity index (χ4v) is 2.56. The molecule has 4 heteroatoms. The van der Waals surface area contributed by atoms with Crippen molar-refractivity contribution in [2.45, 2.75) is 26.5 Å². The molecule has 0 aliphatic rings. The standard InChI is InChI=1S/C17H19N3O/c1-2-12-3-5-13(6-4-12)10-20-16-8-7-14(18)9-15(16)19-17(20)11-21/h3-9,21H,2,10-11,18H2,1H3. The average Bonchev–Trinajstić information content (AvgIpc) is 2.85. The molecule has 0 saturated heterocycles. The Bertz CT molecular complexity index is 760. The summed E-state index contributed by atoms with van der Waals surface area (Å²) in [6, 6.07) is 14.2. The number of fused-ring (bicyclic) bond motifs is 1. The molecule has 1 aromatic heterocycles. The van der Waals surface area contributed by atoms with Crippen molar-refractivity contribution < 1.29 is 5.11 Å². The Kier molecular flexibility index (Phi) is 3.62. The zero-order valence-corrected chi connectivity index (χ0v) is 12.1. The van der Waals surface area contributed by atoms with Crippen LogP contribution < -0.4 is 5.73 Å². The number of imidazole rings is 1. The molecule has 21 heavy (non-hydrogen) atoms. The number of aliphatic hydroxyl groups excluding tert-OH is 1. The first-order valence-corrected chi connectivity index (χ1v) is 7.14. The van der Waals surface area contributed by atoms with Crippen LogP contribution >= 0.6 is 0 Å². The third kappa shape index (κ3) is 2.62. The van der Waals surface area contributed by atoms with Gasteiger partial charge in [-0.1, -0.05) is 31.2 Å². The number of aliphatic hydroxyl groups is 1. The summed E-state index contributed by atoms with van der Waals surface area (Å²) < 4.78 is 2.04. The van der Waals surface area contributed by atoms with Crippen LogP contribution in [0.5, 0.6) is 0 Å². The molecular weight excluding hydrogens is 262 g/mol. The molecule has 3 N–H and O–H groups in total. The van der Waals surface area contributed by atoms with E-state index in [4.69, 9.17) is 5.73 Å². The van der Waals surface area contributed by atoms with Crippen LogP contribution in [-0.2, 0) is 19.6 Å². The summed E-state index contributed by atoms with van der Waals surface area (Å²) in [5.41, 5.74) is 10.8. The molecule has 0 spiro atoms. The van der Waals surface area contributed by atoms with Gasteiger partial charge in [0, 0.05) is 12.2 Å². The Morgan fingerprint density at radius 3 is 2.48 bits per heavy atom. The Morgan fingerprint density at radius 2 is 1.81 bits per heavy atom. The molecule has 0 fully saturated rings. The maximum absolute atomic E-state index is 9.53. The molecular formula is C17H19N3O. The summed E-state index contributed by atoms with van der Waals surface area (Å²) in [6.45, 7) is 2.76. The van der Waals surface area contributed by atoms with Crippen molar-refractivity contribution in [3.8, 4) is 0 Å². The van der Waals surface area contributed by atoms with E-state index in [1.807, 2.05) is 22.8 Å². The van der Waals surface area contributed by atoms with Crippen molar-refractivity contribution in [3.05, 3.63) is 59.4 Å². The number of nitrogen functional groups attached to an aromatic ring is 1. The maximum Gasteiger partial charge on any atom is 0.136 e. The molecule has 0 amide bonds. The summed E-state index contributed by atoms with van der Waals surface area (Å²) >= 11 is 0. The van der Waals surface area contributed by atoms with Crippen LogP contribution in [0.1, 0.15) is 23.9 Å². The highest BCUT2D eigenvalue weighted by atomic mass is 16.3. The van der Waals surface area contributed by atoms with Crippen LogP contribution in [0.2, 0.25) is 0 Å². The first kappa shape index (κ1) is 13.6. The van der Waals surface area contributed by atoms with E-state index in [9.17, 15) is 5.11 Å². The fraction of sp³-hybridized carbons (Fsp3) is 0.235. The molecule has 108 valence electrons. The Balaban J connectivity index is 2.01. The highest BCUT2D eigenvalue weighted by molar-refractivity contribution is 5.79. The average molecular weight is 281 g/mol. The molecule has 0 atom stereocenters. The molecule has 0 radical (unpaired) electrons. The lowest BCUT2D eigenvalue weighted by molar-refractivity contribution is 0.267. The minimum atomic E-state index is -0.0817. The van der Waals surface area contributed by atoms with Gasteiger partial charge < -0.3 is 15.4 Å². The summed E-state index contributed by atoms with van der Waals surface area (Å²) in [5, 5.41) is 9.53. The van der Waals surface area contributed by atoms with Gasteiger partial charge in [0.15, 0.2) is 0 Å². The Hall–Kier alpha value is -2.33. The van der Waals surface area contributed by atoms with E-state index in [2.05, 4.69) is 36.2 Å². The van der Waals surface area contributed by atoms with E-state index in [-0.39, 0.29) is 6.61 Å². The molecule has 0 bridgehead atoms. The summed E-state index contributed by atoms with van der Waals surface area (Å²) in [4.78, 5) is 4.45. The summed E-state index contributed by atoms with van der Waals surface area (Å²) in [7, 11) is 0. The number of hydrogen-bond acceptors (Lipinski definition) is 3. The lowest BCUT2D eigenvalue weighted by atomic mass is 10.1. The molecule has 0 aliphatic heterocycles. The number of nitrogens with two attached hydrogens (primary N) is 1. The monoisotopic (exact) mass is 281 g/mol. The number of nitrogens with zero attached hydrogens (tertiary/aromatic N) is 2. The molecule has 3 rings (SSSR count). The SMILES string of the molecule is CCc1ccc(Cn2c(CO)nc3cc(N)ccc32)cc1. The Labute approximate surface area is 123 Å². The van der Waals surface area contributed by atoms with Crippen LogP contribution in [0.3, 0.4) is 0 Å². The van der Waals surface area contributed by atoms with E-state index in [0.29, 0.717) is 18.1 Å². The van der Waals surface area contributed by atoms with Gasteiger partial charge in [0.2, 0.25) is 0 Å². The molecule has 2 aromatic carbocycles. The van der Waals surface area contributed by atoms with E-state index in [1.54, 1.807) is 0 Å². The highest BCUT2D eigenvalue weighted by Gasteiger charge is 2.10. The first-order valence-electron chi connectivity index (χ1n) is 7.14. The van der Waals surface area contributed by atoms with Gasteiger partial charge in [0.05, 0.1) is 11.0 Å². The number of hydrogen-bond donors (Lipinski definition) is 2. The topological polar surface area (TPSA) is 64.1 Å². The Morgan fingerprint density at radius 1 is 1.10 bits per heavy atom. The van der Waals surface area contributed by atoms with E-state index >= 15 is 0 Å². The van der Waals surface area contributed by atoms with Gasteiger partial charge in [0.1, 0.15) is 12.4 Å². The minimum Gasteiger partial charge on any atom is -0.399 e. The third-order valence-electron chi connectivity index (χ3n) is 3.76. The molecule has 3 aromatic rings. The number of aromatic nitrogens is 2. The summed E-state index contributed by atoms with van der Waals surface area (Å²) in [5.74, 6) is 0.662. The van der Waals surface area contributed by atoms with Gasteiger partial charge in [-0.15, -0.1) is 0 Å². The van der Waals surface area contributed by atoms with Crippen LogP contribution in [0.4, 0.5) is 5.69 Å². The number of anilines is 1. The second-order valence-electron chi connectivity index (χ2n) is 5.19. The second kappa shape index (κ2) is 5.58. The largest absolute Gasteiger partial charge is 0.399 e. The predicted molar refractivity (Wildman–Crippen MR) is 85.0 cm³/mol. The van der Waals surface area contributed by atoms with Crippen molar-refractivity contribution in [2.75, 3.05) is 5.73 Å². The zero-order valence-electron chi connectivity index (χ0n) is 12.1. The number of benzene rings is 2. The van der Waals surface area contributed by atoms with Gasteiger partial charge in [0.25, 0.3) is 0 Å². The van der Waals surface area contributed by atoms with Crippen LogP contribution in [0, 0.1) is 0 Å². The van der Waals surface area contributed by atoms with Gasteiger partial charge in [-0.3, -0.25) is 0 Å². The van der Waals surface area contributed by atoms with E-state index in [1.165, 1.54) is 11.1 Å². The summed E-state index contributed by atoms with van der Waals surface area (Å²) in [6.07, 6.45) is 1.04. The van der Waals surface area contributed by atoms with Crippen molar-refractivity contribution in [1.82, 2.24) is 9.55 Å². The normalized spacial score (nSPS) is 11.1. The minimum absolute atomic E-state index is 0.0817. The number of aryl methyl sites for hydroxylation is 1. The van der Waals surface area contributed by atoms with E-state index in [0.717, 1.165) is 17.5 Å². The highest BCUT2D eigenvalue weighted by Crippen LogP contribution is 2.21. The van der Waals surface area contributed by atoms with Crippen molar-refractivity contribution in [3.63, 3.8) is 0 Å². The van der Waals surface area contributed by atoms with Gasteiger partial charge in [-0.25, -0.2) is 4.98 Å². The smallest absolute Gasteiger partial charge is 0.136 e. The molecule has 0 saturated carbocycles. The fourth-order valence-electron chi connectivity index (χ4n) is 2.56. The van der Waals surface area contributed by atoms with Crippen LogP contribution in [0.25, 0.3) is 11.0 Å². The third-order valence-corrected chi connectivity index (χ3v) is 3.76. The van der Waals surface area contributed by atoms with Crippen molar-refractivity contribution in [2.24, 2.45) is 0 Å². The first-order chi connectivity index (χ1) is 10.2. The maximum atomic E-state index is 9.53. The van der Waals surface area contributed by atoms with Crippen molar-refractivity contribution >= 4 is 16.7 Å². The lowest BCUT2D eigenvalue weighted by Gasteiger charge is -2.09. The van der Waals surface area contributed by atoms with Gasteiger partial charge >= 0.3 is 0 Å². The zero-order chi connectivity index (χ0) is 14.8. The molecule has 0 unspecified atom stereocenters.